The minimum absolute atomic E-state index is 0.667. The molecule has 2 aromatic heterocycles. The first-order valence-corrected chi connectivity index (χ1v) is 4.06. The number of nitrogens with zero attached hydrogens (tertiary/aromatic N) is 4. The molecule has 0 fully saturated rings. The van der Waals surface area contributed by atoms with Crippen molar-refractivity contribution >= 4 is 0 Å². The molecule has 0 aliphatic rings. The van der Waals surface area contributed by atoms with Crippen LogP contribution >= 0.6 is 0 Å². The Morgan fingerprint density at radius 1 is 1.08 bits per heavy atom. The fourth-order valence-corrected chi connectivity index (χ4v) is 1.10. The molecule has 0 amide bonds. The number of aromatic nitrogens is 4. The summed E-state index contributed by atoms with van der Waals surface area (Å²) in [5, 5.41) is 0. The maximum absolute atomic E-state index is 4.19. The molecule has 0 aromatic carbocycles. The molecule has 2 heterocycles. The molecular formula is C9H10N4. The molecule has 0 bridgehead atoms. The van der Waals surface area contributed by atoms with Gasteiger partial charge in [0.25, 0.3) is 0 Å². The number of rotatable bonds is 1. The van der Waals surface area contributed by atoms with Crippen molar-refractivity contribution in [1.29, 1.82) is 0 Å². The second-order valence-corrected chi connectivity index (χ2v) is 2.90. The van der Waals surface area contributed by atoms with Gasteiger partial charge in [-0.15, -0.1) is 0 Å². The van der Waals surface area contributed by atoms with E-state index in [0.717, 1.165) is 11.4 Å². The number of aryl methyl sites for hydroxylation is 2. The summed E-state index contributed by atoms with van der Waals surface area (Å²) in [5.74, 6) is 1.56. The largest absolute Gasteiger partial charge is 0.272 e. The molecule has 0 saturated heterocycles. The predicted octanol–water partition coefficient (Wildman–Crippen LogP) is 1.28. The van der Waals surface area contributed by atoms with Crippen LogP contribution in [0.25, 0.3) is 5.95 Å². The maximum atomic E-state index is 4.19. The highest BCUT2D eigenvalue weighted by atomic mass is 15.2. The van der Waals surface area contributed by atoms with Gasteiger partial charge in [0.05, 0.1) is 0 Å². The second kappa shape index (κ2) is 2.97. The van der Waals surface area contributed by atoms with Gasteiger partial charge in [0.15, 0.2) is 0 Å². The molecule has 4 nitrogen and oxygen atoms in total. The van der Waals surface area contributed by atoms with E-state index in [2.05, 4.69) is 15.0 Å². The summed E-state index contributed by atoms with van der Waals surface area (Å²) in [5.41, 5.74) is 1.06. The van der Waals surface area contributed by atoms with Crippen molar-refractivity contribution in [2.24, 2.45) is 0 Å². The molecule has 0 atom stereocenters. The van der Waals surface area contributed by atoms with Gasteiger partial charge >= 0.3 is 0 Å². The van der Waals surface area contributed by atoms with E-state index in [1.807, 2.05) is 24.6 Å². The van der Waals surface area contributed by atoms with Crippen LogP contribution in [0.4, 0.5) is 0 Å². The topological polar surface area (TPSA) is 43.6 Å². The molecule has 0 aliphatic carbocycles. The van der Waals surface area contributed by atoms with Crippen molar-refractivity contribution in [2.45, 2.75) is 13.8 Å². The van der Waals surface area contributed by atoms with Gasteiger partial charge in [-0.25, -0.2) is 15.0 Å². The highest BCUT2D eigenvalue weighted by molar-refractivity contribution is 5.16. The van der Waals surface area contributed by atoms with Gasteiger partial charge in [-0.2, -0.15) is 0 Å². The fraction of sp³-hybridized carbons (Fsp3) is 0.222. The third-order valence-electron chi connectivity index (χ3n) is 1.81. The molecule has 0 unspecified atom stereocenters. The molecule has 0 saturated carbocycles. The van der Waals surface area contributed by atoms with Crippen LogP contribution in [0.5, 0.6) is 0 Å². The highest BCUT2D eigenvalue weighted by Crippen LogP contribution is 2.03. The van der Waals surface area contributed by atoms with Crippen LogP contribution in [0.1, 0.15) is 11.4 Å². The van der Waals surface area contributed by atoms with Crippen LogP contribution in [-0.4, -0.2) is 19.5 Å². The average molecular weight is 174 g/mol. The molecule has 4 heteroatoms. The molecular weight excluding hydrogens is 164 g/mol. The molecule has 66 valence electrons. The van der Waals surface area contributed by atoms with E-state index in [1.165, 1.54) is 0 Å². The molecule has 0 N–H and O–H groups in total. The monoisotopic (exact) mass is 174 g/mol. The van der Waals surface area contributed by atoms with Gasteiger partial charge in [0.1, 0.15) is 5.82 Å². The van der Waals surface area contributed by atoms with Gasteiger partial charge in [-0.05, 0) is 19.4 Å². The lowest BCUT2D eigenvalue weighted by Crippen LogP contribution is -2.01. The van der Waals surface area contributed by atoms with Crippen molar-refractivity contribution in [3.63, 3.8) is 0 Å². The van der Waals surface area contributed by atoms with Crippen molar-refractivity contribution < 1.29 is 0 Å². The lowest BCUT2D eigenvalue weighted by atomic mass is 10.4. The smallest absolute Gasteiger partial charge is 0.235 e. The highest BCUT2D eigenvalue weighted by Gasteiger charge is 2.01. The Hall–Kier alpha value is -1.71. The Bertz CT molecular complexity index is 402. The van der Waals surface area contributed by atoms with E-state index in [9.17, 15) is 0 Å². The van der Waals surface area contributed by atoms with Gasteiger partial charge in [-0.1, -0.05) is 0 Å². The van der Waals surface area contributed by atoms with Crippen molar-refractivity contribution in [3.05, 3.63) is 36.2 Å². The van der Waals surface area contributed by atoms with Gasteiger partial charge in [0, 0.05) is 24.8 Å². The summed E-state index contributed by atoms with van der Waals surface area (Å²) in [4.78, 5) is 12.5. The number of hydrogen-bond acceptors (Lipinski definition) is 3. The summed E-state index contributed by atoms with van der Waals surface area (Å²) >= 11 is 0. The lowest BCUT2D eigenvalue weighted by molar-refractivity contribution is 0.878. The minimum atomic E-state index is 0.667. The summed E-state index contributed by atoms with van der Waals surface area (Å²) in [7, 11) is 0. The van der Waals surface area contributed by atoms with Gasteiger partial charge < -0.3 is 0 Å². The first-order chi connectivity index (χ1) is 6.27. The van der Waals surface area contributed by atoms with Crippen LogP contribution in [0.15, 0.2) is 24.8 Å². The lowest BCUT2D eigenvalue weighted by Gasteiger charge is -2.01. The summed E-state index contributed by atoms with van der Waals surface area (Å²) in [6, 6.07) is 0. The Kier molecular flexibility index (Phi) is 1.81. The third kappa shape index (κ3) is 1.42. The Balaban J connectivity index is 2.47. The van der Waals surface area contributed by atoms with E-state index in [4.69, 9.17) is 0 Å². The average Bonchev–Trinajstić information content (AvgIpc) is 2.53. The van der Waals surface area contributed by atoms with Gasteiger partial charge in [0.2, 0.25) is 5.95 Å². The molecule has 2 aromatic rings. The van der Waals surface area contributed by atoms with Gasteiger partial charge in [-0.3, -0.25) is 4.57 Å². The third-order valence-corrected chi connectivity index (χ3v) is 1.81. The molecule has 0 radical (unpaired) electrons. The Labute approximate surface area is 76.3 Å². The van der Waals surface area contributed by atoms with Crippen LogP contribution in [0, 0.1) is 13.8 Å². The fourth-order valence-electron chi connectivity index (χ4n) is 1.10. The first kappa shape index (κ1) is 7.91. The molecule has 0 spiro atoms. The summed E-state index contributed by atoms with van der Waals surface area (Å²) < 4.78 is 1.85. The Morgan fingerprint density at radius 3 is 2.31 bits per heavy atom. The van der Waals surface area contributed by atoms with Crippen LogP contribution in [0.3, 0.4) is 0 Å². The van der Waals surface area contributed by atoms with E-state index in [0.29, 0.717) is 5.95 Å². The molecule has 0 aliphatic heterocycles. The van der Waals surface area contributed by atoms with Crippen molar-refractivity contribution in [2.75, 3.05) is 0 Å². The predicted molar refractivity (Wildman–Crippen MR) is 48.6 cm³/mol. The minimum Gasteiger partial charge on any atom is -0.272 e. The summed E-state index contributed by atoms with van der Waals surface area (Å²) in [6.07, 6.45) is 7.17. The zero-order valence-electron chi connectivity index (χ0n) is 7.60. The normalized spacial score (nSPS) is 10.3. The van der Waals surface area contributed by atoms with Crippen LogP contribution < -0.4 is 0 Å². The van der Waals surface area contributed by atoms with Crippen LogP contribution in [-0.2, 0) is 0 Å². The molecule has 13 heavy (non-hydrogen) atoms. The van der Waals surface area contributed by atoms with E-state index in [-0.39, 0.29) is 0 Å². The SMILES string of the molecule is Cc1cnc(-n2ccnc2C)nc1. The first-order valence-electron chi connectivity index (χ1n) is 4.06. The second-order valence-electron chi connectivity index (χ2n) is 2.90. The van der Waals surface area contributed by atoms with Crippen molar-refractivity contribution in [3.8, 4) is 5.95 Å². The quantitative estimate of drug-likeness (QED) is 0.654. The van der Waals surface area contributed by atoms with Crippen LogP contribution in [0.2, 0.25) is 0 Å². The standard InChI is InChI=1S/C9H10N4/c1-7-5-11-9(12-6-7)13-4-3-10-8(13)2/h3-6H,1-2H3. The number of hydrogen-bond donors (Lipinski definition) is 0. The Morgan fingerprint density at radius 2 is 1.77 bits per heavy atom. The zero-order chi connectivity index (χ0) is 9.26. The number of imidazole rings is 1. The van der Waals surface area contributed by atoms with E-state index < -0.39 is 0 Å². The van der Waals surface area contributed by atoms with E-state index in [1.54, 1.807) is 18.6 Å². The van der Waals surface area contributed by atoms with Crippen molar-refractivity contribution in [1.82, 2.24) is 19.5 Å². The zero-order valence-corrected chi connectivity index (χ0v) is 7.60. The maximum Gasteiger partial charge on any atom is 0.235 e. The van der Waals surface area contributed by atoms with E-state index >= 15 is 0 Å². The molecule has 2 rings (SSSR count). The summed E-state index contributed by atoms with van der Waals surface area (Å²) in [6.45, 7) is 3.88.